The van der Waals surface area contributed by atoms with Crippen LogP contribution in [0, 0.1) is 0 Å². The van der Waals surface area contributed by atoms with Gasteiger partial charge in [-0.1, -0.05) is 12.1 Å². The van der Waals surface area contributed by atoms with E-state index in [0.29, 0.717) is 12.5 Å². The van der Waals surface area contributed by atoms with Crippen LogP contribution in [0.15, 0.2) is 5.16 Å². The summed E-state index contributed by atoms with van der Waals surface area (Å²) < 4.78 is 0. The maximum absolute atomic E-state index is 5.28. The Bertz CT molecular complexity index is 65.4. The van der Waals surface area contributed by atoms with Crippen LogP contribution >= 0.6 is 11.6 Å². The molecule has 0 atom stereocenters. The van der Waals surface area contributed by atoms with Crippen molar-refractivity contribution in [1.82, 2.24) is 0 Å². The van der Waals surface area contributed by atoms with Crippen molar-refractivity contribution in [1.29, 1.82) is 0 Å². The number of hydrogen-bond donors (Lipinski definition) is 0. The molecular formula is C5H10ClNO. The summed E-state index contributed by atoms with van der Waals surface area (Å²) in [5.74, 6) is 0.501. The SMILES string of the molecule is CC/C=N/OCCCl. The van der Waals surface area contributed by atoms with Gasteiger partial charge in [0.1, 0.15) is 6.61 Å². The molecule has 48 valence electrons. The summed E-state index contributed by atoms with van der Waals surface area (Å²) in [4.78, 5) is 4.66. The van der Waals surface area contributed by atoms with Crippen molar-refractivity contribution < 1.29 is 4.84 Å². The normalized spacial score (nSPS) is 10.2. The van der Waals surface area contributed by atoms with Gasteiger partial charge in [0, 0.05) is 6.21 Å². The summed E-state index contributed by atoms with van der Waals surface area (Å²) in [5, 5.41) is 3.57. The van der Waals surface area contributed by atoms with Gasteiger partial charge in [-0.2, -0.15) is 0 Å². The highest BCUT2D eigenvalue weighted by Crippen LogP contribution is 1.78. The second-order valence-electron chi connectivity index (χ2n) is 1.22. The fourth-order valence-electron chi connectivity index (χ4n) is 0.214. The molecule has 0 radical (unpaired) electrons. The van der Waals surface area contributed by atoms with Gasteiger partial charge in [0.15, 0.2) is 0 Å². The van der Waals surface area contributed by atoms with Gasteiger partial charge in [0.2, 0.25) is 0 Å². The van der Waals surface area contributed by atoms with Crippen LogP contribution in [-0.4, -0.2) is 18.7 Å². The second kappa shape index (κ2) is 6.76. The molecule has 0 amide bonds. The highest BCUT2D eigenvalue weighted by atomic mass is 35.5. The van der Waals surface area contributed by atoms with Crippen molar-refractivity contribution in [2.75, 3.05) is 12.5 Å². The number of alkyl halides is 1. The molecule has 0 aliphatic heterocycles. The quantitative estimate of drug-likeness (QED) is 0.249. The summed E-state index contributed by atoms with van der Waals surface area (Å²) in [6.07, 6.45) is 2.61. The third kappa shape index (κ3) is 5.76. The standard InChI is InChI=1S/C5H10ClNO/c1-2-4-7-8-5-3-6/h4H,2-3,5H2,1H3/b7-4+. The predicted molar refractivity (Wildman–Crippen MR) is 35.5 cm³/mol. The Morgan fingerprint density at radius 1 is 1.75 bits per heavy atom. The molecular weight excluding hydrogens is 126 g/mol. The average Bonchev–Trinajstić information content (AvgIpc) is 1.81. The van der Waals surface area contributed by atoms with Crippen molar-refractivity contribution in [3.63, 3.8) is 0 Å². The van der Waals surface area contributed by atoms with Crippen LogP contribution < -0.4 is 0 Å². The molecule has 0 aromatic carbocycles. The molecule has 0 unspecified atom stereocenters. The first-order chi connectivity index (χ1) is 3.91. The number of rotatable bonds is 4. The fraction of sp³-hybridized carbons (Fsp3) is 0.800. The van der Waals surface area contributed by atoms with E-state index in [2.05, 4.69) is 9.99 Å². The zero-order valence-electron chi connectivity index (χ0n) is 4.93. The minimum Gasteiger partial charge on any atom is -0.395 e. The van der Waals surface area contributed by atoms with E-state index < -0.39 is 0 Å². The summed E-state index contributed by atoms with van der Waals surface area (Å²) in [7, 11) is 0. The lowest BCUT2D eigenvalue weighted by Crippen LogP contribution is -1.87. The number of nitrogens with zero attached hydrogens (tertiary/aromatic N) is 1. The van der Waals surface area contributed by atoms with Crippen LogP contribution in [0.2, 0.25) is 0 Å². The third-order valence-corrected chi connectivity index (χ3v) is 0.654. The van der Waals surface area contributed by atoms with Crippen LogP contribution in [0.25, 0.3) is 0 Å². The Labute approximate surface area is 54.5 Å². The Hall–Kier alpha value is -0.240. The molecule has 3 heteroatoms. The van der Waals surface area contributed by atoms with Crippen LogP contribution in [0.5, 0.6) is 0 Å². The second-order valence-corrected chi connectivity index (χ2v) is 1.60. The van der Waals surface area contributed by atoms with E-state index in [9.17, 15) is 0 Å². The first-order valence-electron chi connectivity index (χ1n) is 2.61. The first kappa shape index (κ1) is 7.76. The minimum atomic E-state index is 0.498. The van der Waals surface area contributed by atoms with Gasteiger partial charge in [-0.15, -0.1) is 11.6 Å². The van der Waals surface area contributed by atoms with E-state index in [-0.39, 0.29) is 0 Å². The molecule has 0 aromatic rings. The van der Waals surface area contributed by atoms with Crippen molar-refractivity contribution in [3.8, 4) is 0 Å². The lowest BCUT2D eigenvalue weighted by molar-refractivity contribution is 0.162. The Morgan fingerprint density at radius 2 is 2.50 bits per heavy atom. The summed E-state index contributed by atoms with van der Waals surface area (Å²) in [6, 6.07) is 0. The number of hydrogen-bond acceptors (Lipinski definition) is 2. The molecule has 0 N–H and O–H groups in total. The highest BCUT2D eigenvalue weighted by Gasteiger charge is 1.75. The molecule has 2 nitrogen and oxygen atoms in total. The molecule has 0 saturated carbocycles. The van der Waals surface area contributed by atoms with Crippen molar-refractivity contribution >= 4 is 17.8 Å². The van der Waals surface area contributed by atoms with Gasteiger partial charge in [-0.25, -0.2) is 0 Å². The fourth-order valence-corrected chi connectivity index (χ4v) is 0.283. The molecule has 0 aromatic heterocycles. The van der Waals surface area contributed by atoms with Gasteiger partial charge < -0.3 is 4.84 Å². The smallest absolute Gasteiger partial charge is 0.130 e. The van der Waals surface area contributed by atoms with Crippen molar-refractivity contribution in [3.05, 3.63) is 0 Å². The van der Waals surface area contributed by atoms with Gasteiger partial charge in [-0.3, -0.25) is 0 Å². The largest absolute Gasteiger partial charge is 0.395 e. The van der Waals surface area contributed by atoms with Crippen molar-refractivity contribution in [2.24, 2.45) is 5.16 Å². The van der Waals surface area contributed by atoms with Crippen molar-refractivity contribution in [2.45, 2.75) is 13.3 Å². The highest BCUT2D eigenvalue weighted by molar-refractivity contribution is 6.17. The molecule has 0 rings (SSSR count). The van der Waals surface area contributed by atoms with Crippen LogP contribution in [0.4, 0.5) is 0 Å². The third-order valence-electron chi connectivity index (χ3n) is 0.500. The zero-order valence-corrected chi connectivity index (χ0v) is 5.69. The van der Waals surface area contributed by atoms with Gasteiger partial charge in [-0.05, 0) is 6.42 Å². The monoisotopic (exact) mass is 135 g/mol. The molecule has 0 bridgehead atoms. The molecule has 0 heterocycles. The van der Waals surface area contributed by atoms with E-state index in [4.69, 9.17) is 11.6 Å². The zero-order chi connectivity index (χ0) is 6.24. The molecule has 0 saturated heterocycles. The van der Waals surface area contributed by atoms with Gasteiger partial charge in [0.05, 0.1) is 5.88 Å². The summed E-state index contributed by atoms with van der Waals surface area (Å²) in [6.45, 7) is 2.49. The Balaban J connectivity index is 2.80. The number of halogens is 1. The predicted octanol–water partition coefficient (Wildman–Crippen LogP) is 1.64. The van der Waals surface area contributed by atoms with Crippen LogP contribution in [0.1, 0.15) is 13.3 Å². The molecule has 0 aliphatic carbocycles. The summed E-state index contributed by atoms with van der Waals surface area (Å²) >= 11 is 5.28. The maximum atomic E-state index is 5.28. The van der Waals surface area contributed by atoms with Crippen LogP contribution in [0.3, 0.4) is 0 Å². The molecule has 8 heavy (non-hydrogen) atoms. The summed E-state index contributed by atoms with van der Waals surface area (Å²) in [5.41, 5.74) is 0. The van der Waals surface area contributed by atoms with Gasteiger partial charge >= 0.3 is 0 Å². The Kier molecular flexibility index (Phi) is 6.56. The minimum absolute atomic E-state index is 0.498. The lowest BCUT2D eigenvalue weighted by atomic mass is 10.6. The van der Waals surface area contributed by atoms with Gasteiger partial charge in [0.25, 0.3) is 0 Å². The van der Waals surface area contributed by atoms with E-state index in [1.165, 1.54) is 0 Å². The lowest BCUT2D eigenvalue weighted by Gasteiger charge is -1.89. The van der Waals surface area contributed by atoms with E-state index in [1.54, 1.807) is 6.21 Å². The average molecular weight is 136 g/mol. The van der Waals surface area contributed by atoms with E-state index in [1.807, 2.05) is 6.92 Å². The number of oxime groups is 1. The Morgan fingerprint density at radius 3 is 3.00 bits per heavy atom. The first-order valence-corrected chi connectivity index (χ1v) is 3.15. The van der Waals surface area contributed by atoms with E-state index >= 15 is 0 Å². The van der Waals surface area contributed by atoms with Crippen LogP contribution in [-0.2, 0) is 4.84 Å². The molecule has 0 spiro atoms. The van der Waals surface area contributed by atoms with E-state index in [0.717, 1.165) is 6.42 Å². The topological polar surface area (TPSA) is 21.6 Å². The maximum Gasteiger partial charge on any atom is 0.130 e. The molecule has 0 aliphatic rings. The molecule has 0 fully saturated rings.